The second kappa shape index (κ2) is 7.08. The third-order valence-electron chi connectivity index (χ3n) is 6.33. The van der Waals surface area contributed by atoms with Crippen molar-refractivity contribution in [3.63, 3.8) is 0 Å². The first kappa shape index (κ1) is 17.0. The Morgan fingerprint density at radius 3 is 2.16 bits per heavy atom. The summed E-state index contributed by atoms with van der Waals surface area (Å²) in [6, 6.07) is 3.27. The first-order valence-corrected chi connectivity index (χ1v) is 9.90. The summed E-state index contributed by atoms with van der Waals surface area (Å²) < 4.78 is 1.70. The zero-order chi connectivity index (χ0) is 17.4. The number of hydrogen-bond donors (Lipinski definition) is 0. The minimum Gasteiger partial charge on any atom is -0.334 e. The van der Waals surface area contributed by atoms with Gasteiger partial charge in [-0.3, -0.25) is 19.3 Å². The maximum absolute atomic E-state index is 12.6. The lowest BCUT2D eigenvalue weighted by Gasteiger charge is -2.49. The van der Waals surface area contributed by atoms with Crippen molar-refractivity contribution in [1.82, 2.24) is 24.5 Å². The van der Waals surface area contributed by atoms with Gasteiger partial charge in [0, 0.05) is 58.4 Å². The summed E-state index contributed by atoms with van der Waals surface area (Å²) in [6.45, 7) is 8.40. The van der Waals surface area contributed by atoms with E-state index in [2.05, 4.69) is 14.9 Å². The minimum absolute atomic E-state index is 0.125. The van der Waals surface area contributed by atoms with Gasteiger partial charge in [0.15, 0.2) is 0 Å². The van der Waals surface area contributed by atoms with Crippen LogP contribution in [0.2, 0.25) is 0 Å². The topological polar surface area (TPSA) is 44.6 Å². The van der Waals surface area contributed by atoms with Crippen LogP contribution in [0.5, 0.6) is 0 Å². The van der Waals surface area contributed by atoms with Gasteiger partial charge in [0.2, 0.25) is 0 Å². The Morgan fingerprint density at radius 1 is 1.00 bits per heavy atom. The molecule has 0 atom stereocenters. The standard InChI is InChI=1S/C19H31N5O/c1-15-12-18(21(2)20-15)19(25)24-13-17(14-24)23-10-8-22(9-11-23)16-6-4-3-5-7-16/h12,16-17H,3-11,13-14H2,1-2H3. The Hall–Kier alpha value is -1.40. The molecule has 0 aromatic carbocycles. The molecule has 138 valence electrons. The molecule has 6 nitrogen and oxygen atoms in total. The van der Waals surface area contributed by atoms with E-state index < -0.39 is 0 Å². The smallest absolute Gasteiger partial charge is 0.272 e. The molecule has 0 unspecified atom stereocenters. The zero-order valence-electron chi connectivity index (χ0n) is 15.7. The molecule has 3 fully saturated rings. The van der Waals surface area contributed by atoms with E-state index in [1.165, 1.54) is 45.2 Å². The summed E-state index contributed by atoms with van der Waals surface area (Å²) in [5.41, 5.74) is 1.61. The first-order valence-electron chi connectivity index (χ1n) is 9.90. The Kier molecular flexibility index (Phi) is 4.82. The van der Waals surface area contributed by atoms with Gasteiger partial charge >= 0.3 is 0 Å². The molecule has 2 saturated heterocycles. The number of hydrogen-bond acceptors (Lipinski definition) is 4. The van der Waals surface area contributed by atoms with Crippen LogP contribution in [0, 0.1) is 6.92 Å². The Morgan fingerprint density at radius 2 is 1.60 bits per heavy atom. The first-order chi connectivity index (χ1) is 12.1. The van der Waals surface area contributed by atoms with Crippen LogP contribution in [0.15, 0.2) is 6.07 Å². The molecule has 2 aliphatic heterocycles. The molecule has 0 radical (unpaired) electrons. The predicted molar refractivity (Wildman–Crippen MR) is 97.7 cm³/mol. The number of amides is 1. The van der Waals surface area contributed by atoms with Gasteiger partial charge in [-0.1, -0.05) is 19.3 Å². The lowest BCUT2D eigenvalue weighted by molar-refractivity contribution is -0.00307. The van der Waals surface area contributed by atoms with Gasteiger partial charge in [-0.05, 0) is 25.8 Å². The average molecular weight is 345 g/mol. The van der Waals surface area contributed by atoms with Crippen molar-refractivity contribution < 1.29 is 4.79 Å². The molecule has 1 amide bonds. The van der Waals surface area contributed by atoms with Crippen molar-refractivity contribution in [3.8, 4) is 0 Å². The fourth-order valence-corrected chi connectivity index (χ4v) is 4.74. The second-order valence-corrected chi connectivity index (χ2v) is 8.02. The summed E-state index contributed by atoms with van der Waals surface area (Å²) >= 11 is 0. The van der Waals surface area contributed by atoms with Crippen LogP contribution in [0.3, 0.4) is 0 Å². The van der Waals surface area contributed by atoms with E-state index in [0.29, 0.717) is 11.7 Å². The van der Waals surface area contributed by atoms with E-state index in [-0.39, 0.29) is 5.91 Å². The van der Waals surface area contributed by atoms with E-state index in [1.807, 2.05) is 24.9 Å². The number of rotatable bonds is 3. The molecular weight excluding hydrogens is 314 g/mol. The Labute approximate surface area is 150 Å². The lowest BCUT2D eigenvalue weighted by Crippen LogP contribution is -2.64. The number of likely N-dealkylation sites (tertiary alicyclic amines) is 1. The molecule has 3 aliphatic rings. The molecule has 1 aliphatic carbocycles. The average Bonchev–Trinajstić information content (AvgIpc) is 2.93. The zero-order valence-corrected chi connectivity index (χ0v) is 15.7. The van der Waals surface area contributed by atoms with E-state index in [9.17, 15) is 4.79 Å². The van der Waals surface area contributed by atoms with Crippen LogP contribution in [-0.4, -0.2) is 81.7 Å². The van der Waals surface area contributed by atoms with Crippen LogP contribution in [0.1, 0.15) is 48.3 Å². The highest BCUT2D eigenvalue weighted by molar-refractivity contribution is 5.93. The van der Waals surface area contributed by atoms with Crippen molar-refractivity contribution >= 4 is 5.91 Å². The predicted octanol–water partition coefficient (Wildman–Crippen LogP) is 1.50. The van der Waals surface area contributed by atoms with Crippen molar-refractivity contribution in [2.75, 3.05) is 39.3 Å². The number of carbonyl (C=O) groups excluding carboxylic acids is 1. The van der Waals surface area contributed by atoms with Crippen LogP contribution in [-0.2, 0) is 7.05 Å². The highest BCUT2D eigenvalue weighted by atomic mass is 16.2. The van der Waals surface area contributed by atoms with E-state index in [1.54, 1.807) is 4.68 Å². The Bertz CT molecular complexity index is 607. The van der Waals surface area contributed by atoms with Gasteiger partial charge in [0.25, 0.3) is 5.91 Å². The number of carbonyl (C=O) groups is 1. The van der Waals surface area contributed by atoms with Crippen LogP contribution in [0.4, 0.5) is 0 Å². The quantitative estimate of drug-likeness (QED) is 0.833. The summed E-state index contributed by atoms with van der Waals surface area (Å²) in [7, 11) is 1.85. The molecule has 25 heavy (non-hydrogen) atoms. The minimum atomic E-state index is 0.125. The van der Waals surface area contributed by atoms with Crippen LogP contribution in [0.25, 0.3) is 0 Å². The normalized spacial score (nSPS) is 24.5. The summed E-state index contributed by atoms with van der Waals surface area (Å²) in [6.07, 6.45) is 7.06. The fraction of sp³-hybridized carbons (Fsp3) is 0.789. The number of nitrogens with zero attached hydrogens (tertiary/aromatic N) is 5. The molecule has 4 rings (SSSR count). The molecule has 1 aromatic heterocycles. The van der Waals surface area contributed by atoms with Crippen molar-refractivity contribution in [2.24, 2.45) is 7.05 Å². The largest absolute Gasteiger partial charge is 0.334 e. The van der Waals surface area contributed by atoms with Gasteiger partial charge in [-0.2, -0.15) is 5.10 Å². The monoisotopic (exact) mass is 345 g/mol. The lowest BCUT2D eigenvalue weighted by atomic mass is 9.93. The van der Waals surface area contributed by atoms with Gasteiger partial charge < -0.3 is 4.90 Å². The van der Waals surface area contributed by atoms with Crippen LogP contribution < -0.4 is 0 Å². The SMILES string of the molecule is Cc1cc(C(=O)N2CC(N3CCN(C4CCCCC4)CC3)C2)n(C)n1. The maximum atomic E-state index is 12.6. The number of aromatic nitrogens is 2. The molecule has 1 saturated carbocycles. The van der Waals surface area contributed by atoms with Gasteiger partial charge in [0.1, 0.15) is 5.69 Å². The summed E-state index contributed by atoms with van der Waals surface area (Å²) in [5.74, 6) is 0.125. The molecule has 0 N–H and O–H groups in total. The summed E-state index contributed by atoms with van der Waals surface area (Å²) in [4.78, 5) is 19.9. The molecule has 3 heterocycles. The van der Waals surface area contributed by atoms with Crippen LogP contribution >= 0.6 is 0 Å². The van der Waals surface area contributed by atoms with Crippen molar-refractivity contribution in [2.45, 2.75) is 51.1 Å². The molecule has 6 heteroatoms. The van der Waals surface area contributed by atoms with E-state index in [4.69, 9.17) is 0 Å². The van der Waals surface area contributed by atoms with Crippen molar-refractivity contribution in [3.05, 3.63) is 17.5 Å². The second-order valence-electron chi connectivity index (χ2n) is 8.02. The third-order valence-corrected chi connectivity index (χ3v) is 6.33. The molecule has 0 bridgehead atoms. The van der Waals surface area contributed by atoms with Gasteiger partial charge in [-0.15, -0.1) is 0 Å². The maximum Gasteiger partial charge on any atom is 0.272 e. The third kappa shape index (κ3) is 3.47. The molecule has 0 spiro atoms. The Balaban J connectivity index is 1.24. The van der Waals surface area contributed by atoms with E-state index >= 15 is 0 Å². The molecule has 1 aromatic rings. The van der Waals surface area contributed by atoms with Gasteiger partial charge in [0.05, 0.1) is 5.69 Å². The molecular formula is C19H31N5O. The van der Waals surface area contributed by atoms with E-state index in [0.717, 1.165) is 37.9 Å². The fourth-order valence-electron chi connectivity index (χ4n) is 4.74. The number of aryl methyl sites for hydroxylation is 2. The van der Waals surface area contributed by atoms with Crippen molar-refractivity contribution in [1.29, 1.82) is 0 Å². The van der Waals surface area contributed by atoms with Gasteiger partial charge in [-0.25, -0.2) is 0 Å². The number of piperazine rings is 1. The highest BCUT2D eigenvalue weighted by Crippen LogP contribution is 2.25. The highest BCUT2D eigenvalue weighted by Gasteiger charge is 2.37. The summed E-state index contributed by atoms with van der Waals surface area (Å²) in [5, 5.41) is 4.29.